The lowest BCUT2D eigenvalue weighted by Crippen LogP contribution is -2.39. The van der Waals surface area contributed by atoms with Crippen molar-refractivity contribution in [3.05, 3.63) is 0 Å². The van der Waals surface area contributed by atoms with Crippen molar-refractivity contribution in [2.24, 2.45) is 23.2 Å². The Balaban J connectivity index is 1.96. The highest BCUT2D eigenvalue weighted by Crippen LogP contribution is 2.83. The van der Waals surface area contributed by atoms with Crippen molar-refractivity contribution in [3.63, 3.8) is 0 Å². The van der Waals surface area contributed by atoms with E-state index in [2.05, 4.69) is 13.8 Å². The van der Waals surface area contributed by atoms with Gasteiger partial charge in [0.1, 0.15) is 5.60 Å². The van der Waals surface area contributed by atoms with Crippen LogP contribution in [0.25, 0.3) is 0 Å². The normalized spacial score (nSPS) is 61.0. The number of esters is 1. The molecule has 0 heterocycles. The number of hydrogen-bond donors (Lipinski definition) is 0. The Morgan fingerprint density at radius 1 is 1.31 bits per heavy atom. The van der Waals surface area contributed by atoms with Crippen molar-refractivity contribution in [3.8, 4) is 0 Å². The van der Waals surface area contributed by atoms with Crippen LogP contribution in [-0.4, -0.2) is 11.6 Å². The smallest absolute Gasteiger partial charge is 0.303 e. The van der Waals surface area contributed by atoms with E-state index < -0.39 is 0 Å². The predicted octanol–water partition coefficient (Wildman–Crippen LogP) is 1.98. The van der Waals surface area contributed by atoms with Crippen molar-refractivity contribution in [1.82, 2.24) is 0 Å². The van der Waals surface area contributed by atoms with Gasteiger partial charge in [-0.3, -0.25) is 4.79 Å². The molecule has 0 aliphatic heterocycles. The Morgan fingerprint density at radius 3 is 2.15 bits per heavy atom. The Kier molecular flexibility index (Phi) is 1.08. The maximum absolute atomic E-state index is 11.1. The van der Waals surface area contributed by atoms with Gasteiger partial charge in [-0.2, -0.15) is 0 Å². The van der Waals surface area contributed by atoms with E-state index in [0.29, 0.717) is 11.3 Å². The second-order valence-corrected chi connectivity index (χ2v) is 5.36. The van der Waals surface area contributed by atoms with Gasteiger partial charge >= 0.3 is 5.97 Å². The van der Waals surface area contributed by atoms with E-state index in [1.807, 2.05) is 0 Å². The summed E-state index contributed by atoms with van der Waals surface area (Å²) in [6.07, 6.45) is 2.59. The van der Waals surface area contributed by atoms with E-state index >= 15 is 0 Å². The lowest BCUT2D eigenvalue weighted by atomic mass is 9.87. The summed E-state index contributed by atoms with van der Waals surface area (Å²) in [4.78, 5) is 11.1. The van der Waals surface area contributed by atoms with E-state index in [-0.39, 0.29) is 11.6 Å². The van der Waals surface area contributed by atoms with E-state index in [0.717, 1.165) is 11.8 Å². The van der Waals surface area contributed by atoms with E-state index in [4.69, 9.17) is 4.74 Å². The number of carbonyl (C=O) groups excluding carboxylic acids is 1. The minimum Gasteiger partial charge on any atom is -0.459 e. The second kappa shape index (κ2) is 1.79. The first-order valence-electron chi connectivity index (χ1n) is 5.19. The van der Waals surface area contributed by atoms with Crippen molar-refractivity contribution < 1.29 is 9.53 Å². The molecule has 2 nitrogen and oxygen atoms in total. The summed E-state index contributed by atoms with van der Waals surface area (Å²) in [6.45, 7) is 5.98. The Morgan fingerprint density at radius 2 is 1.85 bits per heavy atom. The van der Waals surface area contributed by atoms with Gasteiger partial charge in [-0.05, 0) is 37.5 Å². The van der Waals surface area contributed by atoms with Crippen LogP contribution in [0.3, 0.4) is 0 Å². The first-order chi connectivity index (χ1) is 6.00. The highest BCUT2D eigenvalue weighted by atomic mass is 16.6. The van der Waals surface area contributed by atoms with Crippen molar-refractivity contribution >= 4 is 5.97 Å². The standard InChI is InChI=1S/C11H16O2/c1-6(12)13-11(3)7-4-8-9(5-7)10(8,11)2/h7-9H,4-5H2,1-3H3. The SMILES string of the molecule is CC(=O)OC1(C)C2CC3C(C2)C31C. The van der Waals surface area contributed by atoms with E-state index in [9.17, 15) is 4.79 Å². The Labute approximate surface area is 78.6 Å². The van der Waals surface area contributed by atoms with Crippen LogP contribution in [0.5, 0.6) is 0 Å². The third-order valence-corrected chi connectivity index (χ3v) is 5.20. The molecule has 0 aromatic rings. The molecule has 3 atom stereocenters. The molecule has 0 N–H and O–H groups in total. The van der Waals surface area contributed by atoms with Crippen LogP contribution in [0.2, 0.25) is 0 Å². The minimum atomic E-state index is -0.131. The number of ether oxygens (including phenoxy) is 1. The van der Waals surface area contributed by atoms with Crippen LogP contribution < -0.4 is 0 Å². The molecule has 4 rings (SSSR count). The molecule has 0 aromatic carbocycles. The average Bonchev–Trinajstić information content (AvgIpc) is 2.41. The summed E-state index contributed by atoms with van der Waals surface area (Å²) in [5.74, 6) is 2.27. The summed E-state index contributed by atoms with van der Waals surface area (Å²) in [5.41, 5.74) is 0.206. The molecule has 0 aromatic heterocycles. The molecule has 0 spiro atoms. The highest BCUT2D eigenvalue weighted by molar-refractivity contribution is 5.67. The van der Waals surface area contributed by atoms with Crippen LogP contribution in [0.4, 0.5) is 0 Å². The lowest BCUT2D eigenvalue weighted by molar-refractivity contribution is -0.163. The highest BCUT2D eigenvalue weighted by Gasteiger charge is 2.83. The first-order valence-corrected chi connectivity index (χ1v) is 5.19. The van der Waals surface area contributed by atoms with Crippen LogP contribution in [0.1, 0.15) is 33.6 Å². The van der Waals surface area contributed by atoms with Gasteiger partial charge in [0.15, 0.2) is 0 Å². The molecule has 3 unspecified atom stereocenters. The summed E-state index contributed by atoms with van der Waals surface area (Å²) >= 11 is 0. The number of hydrogen-bond acceptors (Lipinski definition) is 2. The summed E-state index contributed by atoms with van der Waals surface area (Å²) < 4.78 is 5.57. The molecule has 0 saturated heterocycles. The number of carbonyl (C=O) groups is 1. The third-order valence-electron chi connectivity index (χ3n) is 5.20. The lowest BCUT2D eigenvalue weighted by Gasteiger charge is -2.33. The third kappa shape index (κ3) is 0.598. The quantitative estimate of drug-likeness (QED) is 0.577. The van der Waals surface area contributed by atoms with Crippen LogP contribution in [0, 0.1) is 23.2 Å². The predicted molar refractivity (Wildman–Crippen MR) is 48.0 cm³/mol. The topological polar surface area (TPSA) is 26.3 Å². The molecular weight excluding hydrogens is 164 g/mol. The molecule has 4 fully saturated rings. The van der Waals surface area contributed by atoms with Gasteiger partial charge < -0.3 is 4.74 Å². The zero-order chi connectivity index (χ0) is 9.43. The van der Waals surface area contributed by atoms with E-state index in [1.165, 1.54) is 19.8 Å². The van der Waals surface area contributed by atoms with Crippen LogP contribution in [0.15, 0.2) is 0 Å². The average molecular weight is 180 g/mol. The minimum absolute atomic E-state index is 0.109. The molecule has 4 saturated carbocycles. The van der Waals surface area contributed by atoms with Crippen molar-refractivity contribution in [1.29, 1.82) is 0 Å². The van der Waals surface area contributed by atoms with Gasteiger partial charge in [0.2, 0.25) is 0 Å². The van der Waals surface area contributed by atoms with Gasteiger partial charge in [-0.25, -0.2) is 0 Å². The molecule has 72 valence electrons. The summed E-state index contributed by atoms with van der Waals surface area (Å²) in [6, 6.07) is 0. The van der Waals surface area contributed by atoms with Crippen LogP contribution >= 0.6 is 0 Å². The van der Waals surface area contributed by atoms with Gasteiger partial charge in [0.05, 0.1) is 0 Å². The summed E-state index contributed by atoms with van der Waals surface area (Å²) in [5, 5.41) is 0. The van der Waals surface area contributed by atoms with Gasteiger partial charge in [0.25, 0.3) is 0 Å². The van der Waals surface area contributed by atoms with Crippen molar-refractivity contribution in [2.75, 3.05) is 0 Å². The fraction of sp³-hybridized carbons (Fsp3) is 0.909. The Bertz CT molecular complexity index is 284. The monoisotopic (exact) mass is 180 g/mol. The zero-order valence-electron chi connectivity index (χ0n) is 8.46. The fourth-order valence-corrected chi connectivity index (χ4v) is 4.34. The van der Waals surface area contributed by atoms with Gasteiger partial charge in [-0.15, -0.1) is 0 Å². The fourth-order valence-electron chi connectivity index (χ4n) is 4.34. The zero-order valence-corrected chi connectivity index (χ0v) is 8.46. The maximum Gasteiger partial charge on any atom is 0.303 e. The molecule has 0 amide bonds. The Hall–Kier alpha value is -0.530. The van der Waals surface area contributed by atoms with Crippen molar-refractivity contribution in [2.45, 2.75) is 39.2 Å². The first kappa shape index (κ1) is 7.84. The maximum atomic E-state index is 11.1. The second-order valence-electron chi connectivity index (χ2n) is 5.36. The summed E-state index contributed by atoms with van der Waals surface area (Å²) in [7, 11) is 0. The molecule has 4 aliphatic rings. The van der Waals surface area contributed by atoms with Gasteiger partial charge in [-0.1, -0.05) is 6.92 Å². The molecule has 2 heteroatoms. The largest absolute Gasteiger partial charge is 0.459 e. The van der Waals surface area contributed by atoms with Gasteiger partial charge in [0, 0.05) is 12.3 Å². The molecule has 13 heavy (non-hydrogen) atoms. The van der Waals surface area contributed by atoms with Crippen LogP contribution in [-0.2, 0) is 9.53 Å². The molecule has 0 radical (unpaired) electrons. The molecule has 4 bridgehead atoms. The number of rotatable bonds is 1. The molecule has 4 aliphatic carbocycles. The van der Waals surface area contributed by atoms with E-state index in [1.54, 1.807) is 0 Å². The molecular formula is C11H16O2.